The molecule has 6 nitrogen and oxygen atoms in total. The number of hydrogen-bond acceptors (Lipinski definition) is 4. The van der Waals surface area contributed by atoms with Gasteiger partial charge in [0.05, 0.1) is 16.7 Å². The average Bonchev–Trinajstić information content (AvgIpc) is 2.31. The molecule has 1 aromatic rings. The molecule has 0 aliphatic heterocycles. The summed E-state index contributed by atoms with van der Waals surface area (Å²) in [5.74, 6) is -1.38. The van der Waals surface area contributed by atoms with Gasteiger partial charge in [-0.3, -0.25) is 14.9 Å². The van der Waals surface area contributed by atoms with E-state index in [0.29, 0.717) is 12.8 Å². The van der Waals surface area contributed by atoms with Crippen molar-refractivity contribution < 1.29 is 14.1 Å². The van der Waals surface area contributed by atoms with E-state index in [1.807, 2.05) is 6.07 Å². The first kappa shape index (κ1) is 13.0. The molecule has 1 aliphatic carbocycles. The maximum Gasteiger partial charge on any atom is 0.271 e. The first-order valence-corrected chi connectivity index (χ1v) is 5.65. The monoisotopic (exact) mass is 263 g/mol. The molecule has 0 unspecified atom stereocenters. The molecule has 0 atom stereocenters. The van der Waals surface area contributed by atoms with Gasteiger partial charge >= 0.3 is 0 Å². The van der Waals surface area contributed by atoms with Crippen molar-refractivity contribution in [3.8, 4) is 6.07 Å². The fraction of sp³-hybridized carbons (Fsp3) is 0.333. The maximum atomic E-state index is 13.5. The van der Waals surface area contributed by atoms with Crippen molar-refractivity contribution >= 4 is 17.3 Å². The third-order valence-corrected chi connectivity index (χ3v) is 3.26. The zero-order chi connectivity index (χ0) is 14.0. The van der Waals surface area contributed by atoms with E-state index in [1.54, 1.807) is 0 Å². The summed E-state index contributed by atoms with van der Waals surface area (Å²) in [6.45, 7) is 0. The number of carbonyl (C=O) groups is 1. The highest BCUT2D eigenvalue weighted by Crippen LogP contribution is 2.41. The Morgan fingerprint density at radius 1 is 1.53 bits per heavy atom. The number of nitrogens with zero attached hydrogens (tertiary/aromatic N) is 2. The van der Waals surface area contributed by atoms with Crippen LogP contribution in [0.2, 0.25) is 0 Å². The highest BCUT2D eigenvalue weighted by atomic mass is 19.1. The van der Waals surface area contributed by atoms with Crippen molar-refractivity contribution in [3.63, 3.8) is 0 Å². The molecule has 1 fully saturated rings. The Labute approximate surface area is 108 Å². The van der Waals surface area contributed by atoms with Crippen LogP contribution in [0.25, 0.3) is 0 Å². The SMILES string of the molecule is N#CC1(C(=O)Nc2cc([N+](=O)[O-])ccc2F)CCC1. The summed E-state index contributed by atoms with van der Waals surface area (Å²) in [5, 5.41) is 21.8. The van der Waals surface area contributed by atoms with Crippen molar-refractivity contribution in [1.29, 1.82) is 5.26 Å². The van der Waals surface area contributed by atoms with Gasteiger partial charge in [-0.2, -0.15) is 5.26 Å². The Morgan fingerprint density at radius 2 is 2.21 bits per heavy atom. The van der Waals surface area contributed by atoms with Crippen LogP contribution in [0, 0.1) is 32.7 Å². The quantitative estimate of drug-likeness (QED) is 0.668. The molecule has 0 aromatic heterocycles. The summed E-state index contributed by atoms with van der Waals surface area (Å²) < 4.78 is 13.5. The third-order valence-electron chi connectivity index (χ3n) is 3.26. The smallest absolute Gasteiger partial charge is 0.271 e. The van der Waals surface area contributed by atoms with Crippen LogP contribution in [-0.4, -0.2) is 10.8 Å². The van der Waals surface area contributed by atoms with Crippen LogP contribution in [0.4, 0.5) is 15.8 Å². The van der Waals surface area contributed by atoms with Crippen molar-refractivity contribution in [3.05, 3.63) is 34.1 Å². The normalized spacial score (nSPS) is 16.0. The van der Waals surface area contributed by atoms with Crippen molar-refractivity contribution in [2.24, 2.45) is 5.41 Å². The van der Waals surface area contributed by atoms with E-state index in [0.717, 1.165) is 24.6 Å². The number of nitro groups is 1. The lowest BCUT2D eigenvalue weighted by molar-refractivity contribution is -0.384. The number of benzene rings is 1. The van der Waals surface area contributed by atoms with Crippen LogP contribution >= 0.6 is 0 Å². The Morgan fingerprint density at radius 3 is 2.68 bits per heavy atom. The minimum absolute atomic E-state index is 0.277. The number of carbonyl (C=O) groups excluding carboxylic acids is 1. The van der Waals surface area contributed by atoms with Gasteiger partial charge < -0.3 is 5.32 Å². The van der Waals surface area contributed by atoms with Gasteiger partial charge in [0.25, 0.3) is 5.69 Å². The van der Waals surface area contributed by atoms with Gasteiger partial charge in [0.2, 0.25) is 5.91 Å². The molecule has 1 N–H and O–H groups in total. The molecular formula is C12H10FN3O3. The van der Waals surface area contributed by atoms with Gasteiger partial charge in [-0.15, -0.1) is 0 Å². The predicted octanol–water partition coefficient (Wildman–Crippen LogP) is 2.37. The highest BCUT2D eigenvalue weighted by molar-refractivity contribution is 5.98. The van der Waals surface area contributed by atoms with E-state index >= 15 is 0 Å². The lowest BCUT2D eigenvalue weighted by Crippen LogP contribution is -2.40. The Kier molecular flexibility index (Phi) is 3.17. The average molecular weight is 263 g/mol. The molecule has 2 rings (SSSR count). The molecule has 7 heteroatoms. The molecule has 0 spiro atoms. The summed E-state index contributed by atoms with van der Waals surface area (Å²) >= 11 is 0. The first-order valence-electron chi connectivity index (χ1n) is 5.65. The lowest BCUT2D eigenvalue weighted by atomic mass is 9.69. The van der Waals surface area contributed by atoms with Gasteiger partial charge in [-0.05, 0) is 25.3 Å². The minimum Gasteiger partial charge on any atom is -0.322 e. The van der Waals surface area contributed by atoms with Crippen molar-refractivity contribution in [1.82, 2.24) is 0 Å². The number of hydrogen-bond donors (Lipinski definition) is 1. The largest absolute Gasteiger partial charge is 0.322 e. The molecular weight excluding hydrogens is 253 g/mol. The van der Waals surface area contributed by atoms with Gasteiger partial charge in [0.15, 0.2) is 0 Å². The molecule has 98 valence electrons. The predicted molar refractivity (Wildman–Crippen MR) is 63.6 cm³/mol. The third kappa shape index (κ3) is 2.25. The lowest BCUT2D eigenvalue weighted by Gasteiger charge is -2.33. The number of halogens is 1. The van der Waals surface area contributed by atoms with Crippen LogP contribution in [0.15, 0.2) is 18.2 Å². The molecule has 1 amide bonds. The molecule has 1 aromatic carbocycles. The Balaban J connectivity index is 2.24. The number of rotatable bonds is 3. The molecule has 0 saturated heterocycles. The summed E-state index contributed by atoms with van der Waals surface area (Å²) in [7, 11) is 0. The standard InChI is InChI=1S/C12H10FN3O3/c13-9-3-2-8(16(18)19)6-10(9)15-11(17)12(7-14)4-1-5-12/h2-3,6H,1,4-5H2,(H,15,17). The number of non-ortho nitro benzene ring substituents is 1. The molecule has 19 heavy (non-hydrogen) atoms. The summed E-state index contributed by atoms with van der Waals surface area (Å²) in [5.41, 5.74) is -1.73. The second-order valence-electron chi connectivity index (χ2n) is 4.42. The second kappa shape index (κ2) is 4.65. The summed E-state index contributed by atoms with van der Waals surface area (Å²) in [4.78, 5) is 21.8. The summed E-state index contributed by atoms with van der Waals surface area (Å²) in [6.07, 6.45) is 1.61. The highest BCUT2D eigenvalue weighted by Gasteiger charge is 2.44. The topological polar surface area (TPSA) is 96.0 Å². The van der Waals surface area contributed by atoms with E-state index in [1.165, 1.54) is 0 Å². The fourth-order valence-corrected chi connectivity index (χ4v) is 1.88. The molecule has 0 bridgehead atoms. The molecule has 0 radical (unpaired) electrons. The van der Waals surface area contributed by atoms with E-state index in [9.17, 15) is 19.3 Å². The van der Waals surface area contributed by atoms with Crippen LogP contribution in [0.5, 0.6) is 0 Å². The second-order valence-corrected chi connectivity index (χ2v) is 4.42. The van der Waals surface area contributed by atoms with Gasteiger partial charge in [-0.25, -0.2) is 4.39 Å². The zero-order valence-electron chi connectivity index (χ0n) is 9.85. The molecule has 0 heterocycles. The van der Waals surface area contributed by atoms with E-state index in [-0.39, 0.29) is 11.4 Å². The number of nitrogens with one attached hydrogen (secondary N) is 1. The van der Waals surface area contributed by atoms with Crippen LogP contribution < -0.4 is 5.32 Å². The van der Waals surface area contributed by atoms with Crippen LogP contribution in [-0.2, 0) is 4.79 Å². The minimum atomic E-state index is -1.13. The van der Waals surface area contributed by atoms with E-state index in [2.05, 4.69) is 5.32 Å². The van der Waals surface area contributed by atoms with Crippen molar-refractivity contribution in [2.45, 2.75) is 19.3 Å². The van der Waals surface area contributed by atoms with Gasteiger partial charge in [0.1, 0.15) is 11.2 Å². The number of nitro benzene ring substituents is 1. The van der Waals surface area contributed by atoms with Crippen LogP contribution in [0.3, 0.4) is 0 Å². The molecule has 1 aliphatic rings. The number of anilines is 1. The van der Waals surface area contributed by atoms with Gasteiger partial charge in [0, 0.05) is 12.1 Å². The Hall–Kier alpha value is -2.49. The zero-order valence-corrected chi connectivity index (χ0v) is 9.85. The number of nitriles is 1. The van der Waals surface area contributed by atoms with Gasteiger partial charge in [-0.1, -0.05) is 0 Å². The van der Waals surface area contributed by atoms with E-state index < -0.39 is 22.1 Å². The summed E-state index contributed by atoms with van der Waals surface area (Å²) in [6, 6.07) is 4.78. The number of amides is 1. The van der Waals surface area contributed by atoms with Crippen LogP contribution in [0.1, 0.15) is 19.3 Å². The maximum absolute atomic E-state index is 13.5. The van der Waals surface area contributed by atoms with E-state index in [4.69, 9.17) is 5.26 Å². The molecule has 1 saturated carbocycles. The first-order chi connectivity index (χ1) is 8.98. The van der Waals surface area contributed by atoms with Crippen molar-refractivity contribution in [2.75, 3.05) is 5.32 Å². The Bertz CT molecular complexity index is 590. The fourth-order valence-electron chi connectivity index (χ4n) is 1.88.